The highest BCUT2D eigenvalue weighted by atomic mass is 32.1. The SMILES string of the molecule is CCCCNC(=O)COC(=O)c1cc2c(s1)CC[C@H](C)C2. The topological polar surface area (TPSA) is 55.4 Å². The second-order valence-electron chi connectivity index (χ2n) is 5.69. The Labute approximate surface area is 129 Å². The summed E-state index contributed by atoms with van der Waals surface area (Å²) >= 11 is 1.51. The van der Waals surface area contributed by atoms with E-state index in [0.29, 0.717) is 17.3 Å². The Morgan fingerprint density at radius 3 is 3.05 bits per heavy atom. The van der Waals surface area contributed by atoms with Crippen molar-refractivity contribution in [1.29, 1.82) is 0 Å². The van der Waals surface area contributed by atoms with E-state index in [2.05, 4.69) is 19.2 Å². The Balaban J connectivity index is 1.82. The summed E-state index contributed by atoms with van der Waals surface area (Å²) in [5.74, 6) is 0.0692. The van der Waals surface area contributed by atoms with Crippen LogP contribution in [-0.4, -0.2) is 25.0 Å². The lowest BCUT2D eigenvalue weighted by Gasteiger charge is -2.16. The van der Waals surface area contributed by atoms with Gasteiger partial charge in [0.1, 0.15) is 4.88 Å². The largest absolute Gasteiger partial charge is 0.451 e. The van der Waals surface area contributed by atoms with Crippen molar-refractivity contribution in [3.05, 3.63) is 21.4 Å². The standard InChI is InChI=1S/C16H23NO3S/c1-3-4-7-17-15(18)10-20-16(19)14-9-12-8-11(2)5-6-13(12)21-14/h9,11H,3-8,10H2,1-2H3,(H,17,18)/t11-/m0/s1. The lowest BCUT2D eigenvalue weighted by molar-refractivity contribution is -0.124. The molecule has 0 saturated heterocycles. The molecule has 1 amide bonds. The van der Waals surface area contributed by atoms with Gasteiger partial charge in [-0.15, -0.1) is 11.3 Å². The number of aryl methyl sites for hydroxylation is 1. The van der Waals surface area contributed by atoms with Crippen molar-refractivity contribution in [2.24, 2.45) is 5.92 Å². The smallest absolute Gasteiger partial charge is 0.348 e. The highest BCUT2D eigenvalue weighted by Gasteiger charge is 2.21. The predicted octanol–water partition coefficient (Wildman–Crippen LogP) is 2.95. The minimum absolute atomic E-state index is 0.193. The number of ether oxygens (including phenoxy) is 1. The van der Waals surface area contributed by atoms with Crippen molar-refractivity contribution in [2.75, 3.05) is 13.2 Å². The summed E-state index contributed by atoms with van der Waals surface area (Å²) in [5, 5.41) is 2.73. The van der Waals surface area contributed by atoms with E-state index in [1.165, 1.54) is 28.2 Å². The fraction of sp³-hybridized carbons (Fsp3) is 0.625. The first-order valence-corrected chi connectivity index (χ1v) is 8.47. The van der Waals surface area contributed by atoms with Crippen LogP contribution in [0.15, 0.2) is 6.07 Å². The molecular formula is C16H23NO3S. The molecule has 0 aromatic carbocycles. The van der Waals surface area contributed by atoms with Gasteiger partial charge in [0.25, 0.3) is 5.91 Å². The molecule has 0 unspecified atom stereocenters. The van der Waals surface area contributed by atoms with Gasteiger partial charge in [-0.1, -0.05) is 20.3 Å². The van der Waals surface area contributed by atoms with E-state index in [4.69, 9.17) is 4.74 Å². The van der Waals surface area contributed by atoms with Crippen molar-refractivity contribution in [1.82, 2.24) is 5.32 Å². The maximum atomic E-state index is 12.0. The molecule has 1 heterocycles. The van der Waals surface area contributed by atoms with E-state index >= 15 is 0 Å². The van der Waals surface area contributed by atoms with Gasteiger partial charge in [-0.3, -0.25) is 4.79 Å². The third-order valence-electron chi connectivity index (χ3n) is 3.72. The number of hydrogen-bond acceptors (Lipinski definition) is 4. The van der Waals surface area contributed by atoms with Gasteiger partial charge in [-0.25, -0.2) is 4.79 Å². The Morgan fingerprint density at radius 2 is 2.29 bits per heavy atom. The highest BCUT2D eigenvalue weighted by molar-refractivity contribution is 7.14. The van der Waals surface area contributed by atoms with Gasteiger partial charge in [0, 0.05) is 11.4 Å². The van der Waals surface area contributed by atoms with Crippen LogP contribution >= 0.6 is 11.3 Å². The molecule has 0 radical (unpaired) electrons. The molecule has 2 rings (SSSR count). The third-order valence-corrected chi connectivity index (χ3v) is 4.93. The molecule has 0 fully saturated rings. The van der Waals surface area contributed by atoms with E-state index < -0.39 is 0 Å². The van der Waals surface area contributed by atoms with Crippen molar-refractivity contribution in [3.63, 3.8) is 0 Å². The number of esters is 1. The number of thiophene rings is 1. The number of carbonyl (C=O) groups excluding carboxylic acids is 2. The summed E-state index contributed by atoms with van der Waals surface area (Å²) in [4.78, 5) is 25.4. The molecule has 1 N–H and O–H groups in total. The minimum atomic E-state index is -0.382. The third kappa shape index (κ3) is 4.56. The number of amides is 1. The van der Waals surface area contributed by atoms with Crippen molar-refractivity contribution >= 4 is 23.2 Å². The van der Waals surface area contributed by atoms with E-state index in [9.17, 15) is 9.59 Å². The normalized spacial score (nSPS) is 17.1. The molecule has 4 nitrogen and oxygen atoms in total. The summed E-state index contributed by atoms with van der Waals surface area (Å²) in [6.45, 7) is 4.74. The predicted molar refractivity (Wildman–Crippen MR) is 83.7 cm³/mol. The average Bonchev–Trinajstić information content (AvgIpc) is 2.88. The lowest BCUT2D eigenvalue weighted by Crippen LogP contribution is -2.29. The molecule has 0 saturated carbocycles. The maximum Gasteiger partial charge on any atom is 0.348 e. The highest BCUT2D eigenvalue weighted by Crippen LogP contribution is 2.32. The fourth-order valence-corrected chi connectivity index (χ4v) is 3.57. The maximum absolute atomic E-state index is 12.0. The Bertz CT molecular complexity index is 510. The molecule has 1 atom stereocenters. The second-order valence-corrected chi connectivity index (χ2v) is 6.82. The number of carbonyl (C=O) groups is 2. The van der Waals surface area contributed by atoms with Gasteiger partial charge < -0.3 is 10.1 Å². The molecule has 0 aliphatic heterocycles. The quantitative estimate of drug-likeness (QED) is 0.649. The number of hydrogen-bond donors (Lipinski definition) is 1. The molecular weight excluding hydrogens is 286 g/mol. The summed E-state index contributed by atoms with van der Waals surface area (Å²) in [6.07, 6.45) is 5.24. The van der Waals surface area contributed by atoms with Gasteiger partial charge in [0.2, 0.25) is 0 Å². The van der Waals surface area contributed by atoms with Gasteiger partial charge in [0.15, 0.2) is 6.61 Å². The van der Waals surface area contributed by atoms with Crippen LogP contribution in [0.25, 0.3) is 0 Å². The molecule has 1 aromatic rings. The zero-order chi connectivity index (χ0) is 15.2. The van der Waals surface area contributed by atoms with E-state index in [0.717, 1.165) is 25.7 Å². The summed E-state index contributed by atoms with van der Waals surface area (Å²) in [6, 6.07) is 1.94. The van der Waals surface area contributed by atoms with Crippen LogP contribution in [0.1, 0.15) is 53.2 Å². The number of nitrogens with one attached hydrogen (secondary N) is 1. The number of unbranched alkanes of at least 4 members (excludes halogenated alkanes) is 1. The molecule has 0 bridgehead atoms. The van der Waals surface area contributed by atoms with Crippen molar-refractivity contribution in [2.45, 2.75) is 46.0 Å². The second kappa shape index (κ2) is 7.59. The van der Waals surface area contributed by atoms with Gasteiger partial charge in [-0.05, 0) is 43.2 Å². The first-order valence-electron chi connectivity index (χ1n) is 7.65. The zero-order valence-electron chi connectivity index (χ0n) is 12.7. The fourth-order valence-electron chi connectivity index (χ4n) is 2.46. The molecule has 1 aromatic heterocycles. The summed E-state index contributed by atoms with van der Waals surface area (Å²) in [7, 11) is 0. The van der Waals surface area contributed by atoms with Crippen LogP contribution in [0.2, 0.25) is 0 Å². The molecule has 116 valence electrons. The van der Waals surface area contributed by atoms with Crippen LogP contribution < -0.4 is 5.32 Å². The summed E-state index contributed by atoms with van der Waals surface area (Å²) in [5.41, 5.74) is 1.28. The average molecular weight is 309 g/mol. The number of rotatable bonds is 6. The van der Waals surface area contributed by atoms with Crippen LogP contribution in [0.3, 0.4) is 0 Å². The first kappa shape index (κ1) is 16.0. The van der Waals surface area contributed by atoms with Gasteiger partial charge >= 0.3 is 5.97 Å². The Kier molecular flexibility index (Phi) is 5.79. The van der Waals surface area contributed by atoms with Crippen LogP contribution in [0.4, 0.5) is 0 Å². The zero-order valence-corrected chi connectivity index (χ0v) is 13.6. The lowest BCUT2D eigenvalue weighted by atomic mass is 9.90. The first-order chi connectivity index (χ1) is 10.1. The molecule has 1 aliphatic rings. The number of fused-ring (bicyclic) bond motifs is 1. The Hall–Kier alpha value is -1.36. The molecule has 21 heavy (non-hydrogen) atoms. The van der Waals surface area contributed by atoms with E-state index in [1.54, 1.807) is 0 Å². The monoisotopic (exact) mass is 309 g/mol. The van der Waals surface area contributed by atoms with Crippen LogP contribution in [0, 0.1) is 5.92 Å². The van der Waals surface area contributed by atoms with Gasteiger partial charge in [-0.2, -0.15) is 0 Å². The van der Waals surface area contributed by atoms with Crippen LogP contribution in [-0.2, 0) is 22.4 Å². The minimum Gasteiger partial charge on any atom is -0.451 e. The van der Waals surface area contributed by atoms with Gasteiger partial charge in [0.05, 0.1) is 0 Å². The van der Waals surface area contributed by atoms with Crippen molar-refractivity contribution in [3.8, 4) is 0 Å². The Morgan fingerprint density at radius 1 is 1.48 bits per heavy atom. The molecule has 1 aliphatic carbocycles. The van der Waals surface area contributed by atoms with E-state index in [-0.39, 0.29) is 18.5 Å². The molecule has 5 heteroatoms. The summed E-state index contributed by atoms with van der Waals surface area (Å²) < 4.78 is 5.08. The van der Waals surface area contributed by atoms with Crippen LogP contribution in [0.5, 0.6) is 0 Å². The molecule has 0 spiro atoms. The van der Waals surface area contributed by atoms with E-state index in [1.807, 2.05) is 6.07 Å². The van der Waals surface area contributed by atoms with Crippen molar-refractivity contribution < 1.29 is 14.3 Å².